The summed E-state index contributed by atoms with van der Waals surface area (Å²) >= 11 is 0. The third kappa shape index (κ3) is 3.91. The molecule has 1 atom stereocenters. The summed E-state index contributed by atoms with van der Waals surface area (Å²) in [5, 5.41) is 0. The Labute approximate surface area is 69.4 Å². The van der Waals surface area contributed by atoms with Gasteiger partial charge in [0.15, 0.2) is 0 Å². The van der Waals surface area contributed by atoms with Gasteiger partial charge in [-0.25, -0.2) is 0 Å². The summed E-state index contributed by atoms with van der Waals surface area (Å²) < 4.78 is 6.96. The summed E-state index contributed by atoms with van der Waals surface area (Å²) in [5.41, 5.74) is 0. The van der Waals surface area contributed by atoms with Crippen molar-refractivity contribution in [1.29, 1.82) is 0 Å². The van der Waals surface area contributed by atoms with Crippen LogP contribution in [-0.4, -0.2) is 11.6 Å². The molecule has 1 unspecified atom stereocenters. The minimum absolute atomic E-state index is 0.00227. The van der Waals surface area contributed by atoms with Crippen LogP contribution in [0, 0.1) is 11.8 Å². The molecule has 0 spiro atoms. The first-order valence-electron chi connectivity index (χ1n) is 4.54. The highest BCUT2D eigenvalue weighted by Crippen LogP contribution is 2.04. The van der Waals surface area contributed by atoms with Crippen molar-refractivity contribution in [2.45, 2.75) is 34.1 Å². The third-order valence-electron chi connectivity index (χ3n) is 1.54. The van der Waals surface area contributed by atoms with Gasteiger partial charge in [0.25, 0.3) is 0 Å². The quantitative estimate of drug-likeness (QED) is 0.583. The van der Waals surface area contributed by atoms with Crippen LogP contribution >= 0.6 is 0 Å². The maximum Gasteiger partial charge on any atom is 0.142 e. The molecule has 2 heteroatoms. The zero-order valence-corrected chi connectivity index (χ0v) is 7.39. The van der Waals surface area contributed by atoms with Gasteiger partial charge in [-0.3, -0.25) is 9.59 Å². The molecule has 0 saturated heterocycles. The Morgan fingerprint density at radius 1 is 1.18 bits per heavy atom. The number of ketones is 2. The van der Waals surface area contributed by atoms with E-state index in [1.54, 1.807) is 20.8 Å². The van der Waals surface area contributed by atoms with Gasteiger partial charge in [0.05, 0.1) is 6.42 Å². The number of Topliss-reactive ketones (excluding diaryl/α,β-unsaturated/α-hetero) is 2. The molecule has 11 heavy (non-hydrogen) atoms. The molecule has 2 nitrogen and oxygen atoms in total. The van der Waals surface area contributed by atoms with Crippen LogP contribution < -0.4 is 0 Å². The molecule has 0 aromatic heterocycles. The van der Waals surface area contributed by atoms with Crippen LogP contribution in [0.25, 0.3) is 0 Å². The molecule has 0 N–H and O–H groups in total. The van der Waals surface area contributed by atoms with Crippen LogP contribution in [0.1, 0.15) is 35.5 Å². The second-order valence-corrected chi connectivity index (χ2v) is 3.17. The van der Waals surface area contributed by atoms with Gasteiger partial charge in [0.1, 0.15) is 11.6 Å². The first-order chi connectivity index (χ1) is 5.49. The largest absolute Gasteiger partial charge is 0.299 e. The lowest BCUT2D eigenvalue weighted by Gasteiger charge is -2.04. The molecule has 0 aromatic rings. The highest BCUT2D eigenvalue weighted by Gasteiger charge is 2.14. The van der Waals surface area contributed by atoms with Gasteiger partial charge in [0.2, 0.25) is 0 Å². The minimum atomic E-state index is -0.298. The fraction of sp³-hybridized carbons (Fsp3) is 0.778. The number of carbonyl (C=O) groups excluding carboxylic acids is 2. The molecule has 0 radical (unpaired) electrons. The lowest BCUT2D eigenvalue weighted by atomic mass is 9.98. The van der Waals surface area contributed by atoms with Gasteiger partial charge < -0.3 is 0 Å². The molecule has 0 heterocycles. The highest BCUT2D eigenvalue weighted by atomic mass is 16.1. The zero-order valence-electron chi connectivity index (χ0n) is 8.39. The van der Waals surface area contributed by atoms with E-state index in [0.717, 1.165) is 0 Å². The van der Waals surface area contributed by atoms with Gasteiger partial charge in [-0.1, -0.05) is 27.7 Å². The molecule has 0 saturated carbocycles. The van der Waals surface area contributed by atoms with Gasteiger partial charge in [0, 0.05) is 13.2 Å². The first-order valence-corrected chi connectivity index (χ1v) is 3.83. The topological polar surface area (TPSA) is 34.1 Å². The average molecular weight is 157 g/mol. The molecular formula is C9H16O2. The second-order valence-electron chi connectivity index (χ2n) is 3.17. The second kappa shape index (κ2) is 4.27. The van der Waals surface area contributed by atoms with E-state index in [4.69, 9.17) is 1.37 Å². The summed E-state index contributed by atoms with van der Waals surface area (Å²) in [5.74, 6) is -0.511. The van der Waals surface area contributed by atoms with Crippen LogP contribution in [0.3, 0.4) is 0 Å². The molecule has 0 fully saturated rings. The standard InChI is InChI=1S/C9H16O2/c1-6(2)8(10)5-9(11)7(3)4/h6-7H,5H2,1-4H3/i1D. The number of hydrogen-bond acceptors (Lipinski definition) is 2. The van der Waals surface area contributed by atoms with Crippen LogP contribution in [0.5, 0.6) is 0 Å². The highest BCUT2D eigenvalue weighted by molar-refractivity contribution is 6.00. The van der Waals surface area contributed by atoms with E-state index in [9.17, 15) is 9.59 Å². The lowest BCUT2D eigenvalue weighted by molar-refractivity contribution is -0.130. The predicted molar refractivity (Wildman–Crippen MR) is 44.3 cm³/mol. The van der Waals surface area contributed by atoms with Crippen molar-refractivity contribution < 1.29 is 11.0 Å². The summed E-state index contributed by atoms with van der Waals surface area (Å²) in [6.45, 7) is 5.31. The first kappa shape index (κ1) is 8.44. The SMILES string of the molecule is [2H]CC(C)C(=O)CC(=O)C(C)C. The van der Waals surface area contributed by atoms with Crippen LogP contribution in [0.2, 0.25) is 0 Å². The Bertz CT molecular complexity index is 175. The summed E-state index contributed by atoms with van der Waals surface area (Å²) in [6.07, 6.45) is -0.00227. The van der Waals surface area contributed by atoms with E-state index in [2.05, 4.69) is 0 Å². The molecule has 64 valence electrons. The summed E-state index contributed by atoms with van der Waals surface area (Å²) in [4.78, 5) is 22.2. The Kier molecular flexibility index (Phi) is 3.27. The van der Waals surface area contributed by atoms with Crippen molar-refractivity contribution in [3.63, 3.8) is 0 Å². The fourth-order valence-corrected chi connectivity index (χ4v) is 0.550. The number of hydrogen-bond donors (Lipinski definition) is 0. The predicted octanol–water partition coefficient (Wildman–Crippen LogP) is 1.83. The van der Waals surface area contributed by atoms with Crippen molar-refractivity contribution in [3.8, 4) is 0 Å². The van der Waals surface area contributed by atoms with E-state index in [-0.39, 0.29) is 36.7 Å². The minimum Gasteiger partial charge on any atom is -0.299 e. The van der Waals surface area contributed by atoms with Crippen LogP contribution in [0.4, 0.5) is 0 Å². The molecule has 0 rings (SSSR count). The maximum absolute atomic E-state index is 11.1. The normalized spacial score (nSPS) is 14.4. The van der Waals surface area contributed by atoms with Crippen LogP contribution in [0.15, 0.2) is 0 Å². The van der Waals surface area contributed by atoms with E-state index in [1.807, 2.05) is 0 Å². The van der Waals surface area contributed by atoms with Gasteiger partial charge in [-0.15, -0.1) is 0 Å². The molecule has 0 bridgehead atoms. The zero-order chi connectivity index (χ0) is 9.72. The molecule has 0 aliphatic rings. The van der Waals surface area contributed by atoms with Crippen LogP contribution in [-0.2, 0) is 9.59 Å². The Morgan fingerprint density at radius 2 is 1.64 bits per heavy atom. The van der Waals surface area contributed by atoms with Crippen molar-refractivity contribution in [1.82, 2.24) is 0 Å². The van der Waals surface area contributed by atoms with Crippen molar-refractivity contribution in [2.75, 3.05) is 0 Å². The van der Waals surface area contributed by atoms with Gasteiger partial charge in [-0.05, 0) is 0 Å². The monoisotopic (exact) mass is 157 g/mol. The fourth-order valence-electron chi connectivity index (χ4n) is 0.550. The Balaban J connectivity index is 3.93. The molecule has 0 aromatic carbocycles. The Morgan fingerprint density at radius 3 is 2.00 bits per heavy atom. The number of rotatable bonds is 4. The van der Waals surface area contributed by atoms with E-state index >= 15 is 0 Å². The van der Waals surface area contributed by atoms with E-state index < -0.39 is 0 Å². The molecule has 0 aliphatic heterocycles. The average Bonchev–Trinajstić information content (AvgIpc) is 2.02. The lowest BCUT2D eigenvalue weighted by Crippen LogP contribution is -2.16. The number of carbonyl (C=O) groups is 2. The molecule has 0 aliphatic carbocycles. The molecule has 0 amide bonds. The Hall–Kier alpha value is -0.660. The van der Waals surface area contributed by atoms with Crippen molar-refractivity contribution in [3.05, 3.63) is 0 Å². The van der Waals surface area contributed by atoms with E-state index in [0.29, 0.717) is 0 Å². The van der Waals surface area contributed by atoms with E-state index in [1.165, 1.54) is 0 Å². The maximum atomic E-state index is 11.1. The summed E-state index contributed by atoms with van der Waals surface area (Å²) in [7, 11) is 0. The van der Waals surface area contributed by atoms with Crippen molar-refractivity contribution in [2.24, 2.45) is 11.8 Å². The third-order valence-corrected chi connectivity index (χ3v) is 1.54. The summed E-state index contributed by atoms with van der Waals surface area (Å²) in [6, 6.07) is 0. The van der Waals surface area contributed by atoms with Gasteiger partial charge >= 0.3 is 0 Å². The smallest absolute Gasteiger partial charge is 0.142 e. The van der Waals surface area contributed by atoms with Gasteiger partial charge in [-0.2, -0.15) is 0 Å². The van der Waals surface area contributed by atoms with Crippen molar-refractivity contribution >= 4 is 11.6 Å². The molecular weight excluding hydrogens is 140 g/mol.